The fraction of sp³-hybridized carbons (Fsp3) is 0.692. The van der Waals surface area contributed by atoms with Gasteiger partial charge in [0.2, 0.25) is 0 Å². The molecular formula is C13H20ClNO3. The van der Waals surface area contributed by atoms with Gasteiger partial charge in [0.15, 0.2) is 0 Å². The standard InChI is InChI=1S/C13H20ClNO3/c1-13(2)9-10(13)12(17)15-18-11(16)7-5-3-4-6-8-14/h5,7,10H,3-4,6,8-9H2,1-2H3,(H,15,17)/b7-5-/t10-/m1/s1. The minimum Gasteiger partial charge on any atom is -0.336 e. The molecule has 1 rings (SSSR count). The number of halogens is 1. The first kappa shape index (κ1) is 15.0. The first-order valence-electron chi connectivity index (χ1n) is 6.20. The van der Waals surface area contributed by atoms with Gasteiger partial charge in [-0.15, -0.1) is 11.6 Å². The maximum Gasteiger partial charge on any atom is 0.355 e. The summed E-state index contributed by atoms with van der Waals surface area (Å²) in [6.07, 6.45) is 6.54. The predicted molar refractivity (Wildman–Crippen MR) is 69.8 cm³/mol. The van der Waals surface area contributed by atoms with Gasteiger partial charge in [-0.05, 0) is 31.1 Å². The SMILES string of the molecule is CC1(C)C[C@@H]1C(=O)NOC(=O)/C=C\CCCCCl. The van der Waals surface area contributed by atoms with E-state index in [1.54, 1.807) is 6.08 Å². The van der Waals surface area contributed by atoms with E-state index >= 15 is 0 Å². The molecule has 1 fully saturated rings. The van der Waals surface area contributed by atoms with Crippen molar-refractivity contribution in [3.63, 3.8) is 0 Å². The zero-order valence-corrected chi connectivity index (χ0v) is 11.6. The molecule has 1 atom stereocenters. The molecule has 1 amide bonds. The van der Waals surface area contributed by atoms with Gasteiger partial charge in [-0.1, -0.05) is 19.9 Å². The number of alkyl halides is 1. The summed E-state index contributed by atoms with van der Waals surface area (Å²) in [7, 11) is 0. The van der Waals surface area contributed by atoms with Gasteiger partial charge in [0.25, 0.3) is 5.91 Å². The van der Waals surface area contributed by atoms with Crippen molar-refractivity contribution < 1.29 is 14.4 Å². The van der Waals surface area contributed by atoms with Crippen LogP contribution < -0.4 is 5.48 Å². The molecule has 4 nitrogen and oxygen atoms in total. The summed E-state index contributed by atoms with van der Waals surface area (Å²) in [6, 6.07) is 0. The van der Waals surface area contributed by atoms with Gasteiger partial charge in [-0.25, -0.2) is 4.79 Å². The van der Waals surface area contributed by atoms with E-state index in [0.717, 1.165) is 25.7 Å². The number of carbonyl (C=O) groups is 2. The van der Waals surface area contributed by atoms with Crippen LogP contribution in [0.4, 0.5) is 0 Å². The van der Waals surface area contributed by atoms with E-state index in [9.17, 15) is 9.59 Å². The topological polar surface area (TPSA) is 55.4 Å². The van der Waals surface area contributed by atoms with Gasteiger partial charge >= 0.3 is 5.97 Å². The smallest absolute Gasteiger partial charge is 0.336 e. The first-order valence-corrected chi connectivity index (χ1v) is 6.74. The van der Waals surface area contributed by atoms with Crippen LogP contribution in [0, 0.1) is 11.3 Å². The lowest BCUT2D eigenvalue weighted by Crippen LogP contribution is -2.28. The molecule has 0 aromatic heterocycles. The molecule has 0 saturated heterocycles. The van der Waals surface area contributed by atoms with E-state index in [1.165, 1.54) is 6.08 Å². The average molecular weight is 274 g/mol. The Morgan fingerprint density at radius 3 is 2.67 bits per heavy atom. The van der Waals surface area contributed by atoms with Gasteiger partial charge in [0.1, 0.15) is 0 Å². The molecule has 18 heavy (non-hydrogen) atoms. The molecule has 1 saturated carbocycles. The molecule has 0 aliphatic heterocycles. The zero-order chi connectivity index (χ0) is 13.6. The minimum atomic E-state index is -0.548. The number of hydrogen-bond acceptors (Lipinski definition) is 3. The summed E-state index contributed by atoms with van der Waals surface area (Å²) in [4.78, 5) is 27.4. The summed E-state index contributed by atoms with van der Waals surface area (Å²) >= 11 is 5.52. The largest absolute Gasteiger partial charge is 0.355 e. The quantitative estimate of drug-likeness (QED) is 0.350. The molecular weight excluding hydrogens is 254 g/mol. The van der Waals surface area contributed by atoms with Crippen molar-refractivity contribution in [2.75, 3.05) is 5.88 Å². The lowest BCUT2D eigenvalue weighted by molar-refractivity contribution is -0.154. The van der Waals surface area contributed by atoms with Crippen molar-refractivity contribution in [2.24, 2.45) is 11.3 Å². The number of unbranched alkanes of at least 4 members (excludes halogenated alkanes) is 2. The number of nitrogens with one attached hydrogen (secondary N) is 1. The Hall–Kier alpha value is -1.03. The van der Waals surface area contributed by atoms with Crippen LogP contribution in [-0.4, -0.2) is 17.8 Å². The zero-order valence-electron chi connectivity index (χ0n) is 10.9. The third-order valence-corrected chi connectivity index (χ3v) is 3.36. The second-order valence-corrected chi connectivity index (χ2v) is 5.60. The molecule has 0 radical (unpaired) electrons. The summed E-state index contributed by atoms with van der Waals surface area (Å²) < 4.78 is 0. The highest BCUT2D eigenvalue weighted by molar-refractivity contribution is 6.17. The maximum absolute atomic E-state index is 11.5. The Morgan fingerprint density at radius 1 is 1.44 bits per heavy atom. The number of rotatable bonds is 6. The van der Waals surface area contributed by atoms with Gasteiger partial charge in [-0.3, -0.25) is 4.79 Å². The minimum absolute atomic E-state index is 0.0356. The molecule has 0 bridgehead atoms. The number of allylic oxidation sites excluding steroid dienone is 1. The second-order valence-electron chi connectivity index (χ2n) is 5.22. The highest BCUT2D eigenvalue weighted by Crippen LogP contribution is 2.51. The molecule has 0 spiro atoms. The van der Waals surface area contributed by atoms with Crippen molar-refractivity contribution in [2.45, 2.75) is 39.5 Å². The Balaban J connectivity index is 2.12. The lowest BCUT2D eigenvalue weighted by atomic mass is 10.1. The lowest BCUT2D eigenvalue weighted by Gasteiger charge is -2.04. The third kappa shape index (κ3) is 5.08. The highest BCUT2D eigenvalue weighted by Gasteiger charge is 2.50. The maximum atomic E-state index is 11.5. The van der Waals surface area contributed by atoms with Crippen molar-refractivity contribution in [3.8, 4) is 0 Å². The first-order chi connectivity index (χ1) is 8.47. The molecule has 0 heterocycles. The number of amides is 1. The van der Waals surface area contributed by atoms with Crippen LogP contribution in [0.15, 0.2) is 12.2 Å². The Labute approximate surface area is 113 Å². The Bertz CT molecular complexity index is 339. The van der Waals surface area contributed by atoms with E-state index in [2.05, 4.69) is 10.3 Å². The van der Waals surface area contributed by atoms with E-state index in [-0.39, 0.29) is 17.2 Å². The Kier molecular flexibility index (Phi) is 5.66. The van der Waals surface area contributed by atoms with Crippen molar-refractivity contribution in [3.05, 3.63) is 12.2 Å². The molecule has 0 aromatic carbocycles. The van der Waals surface area contributed by atoms with Crippen LogP contribution in [0.25, 0.3) is 0 Å². The van der Waals surface area contributed by atoms with Crippen molar-refractivity contribution in [1.82, 2.24) is 5.48 Å². The molecule has 1 aliphatic rings. The molecule has 102 valence electrons. The summed E-state index contributed by atoms with van der Waals surface area (Å²) in [6.45, 7) is 4.02. The molecule has 1 N–H and O–H groups in total. The number of hydroxylamine groups is 1. The van der Waals surface area contributed by atoms with Gasteiger partial charge in [-0.2, -0.15) is 5.48 Å². The molecule has 0 aromatic rings. The predicted octanol–water partition coefficient (Wildman–Crippen LogP) is 2.57. The van der Waals surface area contributed by atoms with Crippen LogP contribution in [0.1, 0.15) is 39.5 Å². The fourth-order valence-electron chi connectivity index (χ4n) is 1.66. The monoisotopic (exact) mass is 273 g/mol. The summed E-state index contributed by atoms with van der Waals surface area (Å²) in [5.41, 5.74) is 2.23. The summed E-state index contributed by atoms with van der Waals surface area (Å²) in [5.74, 6) is -0.180. The molecule has 0 unspecified atom stereocenters. The normalized spacial score (nSPS) is 20.7. The fourth-order valence-corrected chi connectivity index (χ4v) is 1.85. The Morgan fingerprint density at radius 2 is 2.11 bits per heavy atom. The second kappa shape index (κ2) is 6.78. The van der Waals surface area contributed by atoms with Crippen LogP contribution in [0.2, 0.25) is 0 Å². The van der Waals surface area contributed by atoms with Crippen LogP contribution >= 0.6 is 11.6 Å². The molecule has 1 aliphatic carbocycles. The van der Waals surface area contributed by atoms with Gasteiger partial charge < -0.3 is 4.84 Å². The van der Waals surface area contributed by atoms with E-state index in [1.807, 2.05) is 13.8 Å². The third-order valence-electron chi connectivity index (χ3n) is 3.09. The molecule has 5 heteroatoms. The average Bonchev–Trinajstić information content (AvgIpc) is 2.95. The van der Waals surface area contributed by atoms with Crippen molar-refractivity contribution in [1.29, 1.82) is 0 Å². The van der Waals surface area contributed by atoms with Gasteiger partial charge in [0, 0.05) is 17.9 Å². The van der Waals surface area contributed by atoms with E-state index in [4.69, 9.17) is 11.6 Å². The van der Waals surface area contributed by atoms with E-state index in [0.29, 0.717) is 5.88 Å². The van der Waals surface area contributed by atoms with Crippen LogP contribution in [0.3, 0.4) is 0 Å². The van der Waals surface area contributed by atoms with Gasteiger partial charge in [0.05, 0.1) is 0 Å². The number of carbonyl (C=O) groups excluding carboxylic acids is 2. The van der Waals surface area contributed by atoms with Crippen LogP contribution in [-0.2, 0) is 14.4 Å². The summed E-state index contributed by atoms with van der Waals surface area (Å²) in [5, 5.41) is 0. The number of hydrogen-bond donors (Lipinski definition) is 1. The highest BCUT2D eigenvalue weighted by atomic mass is 35.5. The van der Waals surface area contributed by atoms with Crippen LogP contribution in [0.5, 0.6) is 0 Å². The van der Waals surface area contributed by atoms with Crippen molar-refractivity contribution >= 4 is 23.5 Å². The van der Waals surface area contributed by atoms with E-state index < -0.39 is 5.97 Å².